The third-order valence-electron chi connectivity index (χ3n) is 10.7. The smallest absolute Gasteiger partial charge is 0.329 e. The van der Waals surface area contributed by atoms with E-state index in [1.54, 1.807) is 66.4 Å². The van der Waals surface area contributed by atoms with E-state index in [1.165, 1.54) is 0 Å². The molecule has 6 unspecified atom stereocenters. The summed E-state index contributed by atoms with van der Waals surface area (Å²) in [7, 11) is -0.588. The van der Waals surface area contributed by atoms with E-state index in [0.717, 1.165) is 42.4 Å². The molecule has 0 fully saturated rings. The lowest BCUT2D eigenvalue weighted by Crippen LogP contribution is -2.31. The second kappa shape index (κ2) is 26.9. The summed E-state index contributed by atoms with van der Waals surface area (Å²) in [5, 5.41) is 16.5. The van der Waals surface area contributed by atoms with E-state index in [-0.39, 0.29) is 6.16 Å². The van der Waals surface area contributed by atoms with E-state index < -0.39 is 44.8 Å². The number of benzene rings is 4. The summed E-state index contributed by atoms with van der Waals surface area (Å²) in [6.45, 7) is 8.51. The van der Waals surface area contributed by atoms with Crippen molar-refractivity contribution in [3.8, 4) is 23.0 Å². The number of ether oxygens (including phenoxy) is 3. The third kappa shape index (κ3) is 18.5. The first-order chi connectivity index (χ1) is 32.6. The fourth-order valence-electron chi connectivity index (χ4n) is 6.67. The molecule has 16 nitrogen and oxygen atoms in total. The van der Waals surface area contributed by atoms with Gasteiger partial charge in [0.2, 0.25) is 7.07 Å². The van der Waals surface area contributed by atoms with Crippen molar-refractivity contribution in [1.29, 1.82) is 0 Å². The molecule has 6 atom stereocenters. The molecule has 4 aromatic rings. The van der Waals surface area contributed by atoms with E-state index in [0.29, 0.717) is 41.4 Å². The Bertz CT molecular complexity index is 2550. The molecule has 0 aliphatic heterocycles. The van der Waals surface area contributed by atoms with Gasteiger partial charge in [-0.2, -0.15) is 15.3 Å². The van der Waals surface area contributed by atoms with E-state index in [9.17, 15) is 14.4 Å². The molecule has 374 valence electrons. The van der Waals surface area contributed by atoms with Gasteiger partial charge in [0.15, 0.2) is 5.72 Å². The summed E-state index contributed by atoms with van der Waals surface area (Å²) in [6, 6.07) is 29.3. The van der Waals surface area contributed by atoms with Crippen LogP contribution in [-0.4, -0.2) is 80.3 Å². The first-order valence-electron chi connectivity index (χ1n) is 22.3. The van der Waals surface area contributed by atoms with Crippen molar-refractivity contribution in [2.45, 2.75) is 103 Å². The number of unbranched alkanes of at least 4 members (excludes halogenated alkanes) is 1. The zero-order valence-electron chi connectivity index (χ0n) is 40.6. The standard InChI is InChI=1S/C46H65N9O7P4S3/c1-10-13-31-44(4,51-52-47)59-40-22-14-36(15-23-40)32-49-54(8)64(68)46(6,30-11-2)61-42-24-16-37(17-25-42)34-50-55(9)65(69)62-43-28-18-38(19-29-43)33-48-53(7)63(67)45(5,12-3)60-41-26-20-39(21-27-41)35-66(56,57)58/h14-29,32-34,63-65H,10-13,30-31,35H2,1-9H3,(H2,56,57,58)/b48-33+,49-32+,50-34+. The third-order valence-corrected chi connectivity index (χ3v) is 21.8. The average Bonchev–Trinajstić information content (AvgIpc) is 3.32. The minimum atomic E-state index is -4.17. The van der Waals surface area contributed by atoms with Gasteiger partial charge >= 0.3 is 7.60 Å². The van der Waals surface area contributed by atoms with E-state index >= 15 is 0 Å². The summed E-state index contributed by atoms with van der Waals surface area (Å²) in [4.78, 5) is 21.6. The number of hydrogen-bond donors (Lipinski definition) is 2. The van der Waals surface area contributed by atoms with E-state index in [4.69, 9.17) is 64.8 Å². The van der Waals surface area contributed by atoms with Crippen LogP contribution in [0.15, 0.2) is 117 Å². The maximum atomic E-state index is 11.4. The number of rotatable bonds is 28. The Labute approximate surface area is 424 Å². The van der Waals surface area contributed by atoms with Gasteiger partial charge in [0.1, 0.15) is 33.7 Å². The fraction of sp³-hybridized carbons (Fsp3) is 0.413. The van der Waals surface area contributed by atoms with E-state index in [1.807, 2.05) is 106 Å². The second-order valence-corrected chi connectivity index (χ2v) is 27.8. The minimum Gasteiger partial charge on any atom is -0.481 e. The van der Waals surface area contributed by atoms with Gasteiger partial charge < -0.3 is 28.5 Å². The molecule has 0 aromatic heterocycles. The lowest BCUT2D eigenvalue weighted by atomic mass is 10.1. The second-order valence-electron chi connectivity index (χ2n) is 16.8. The predicted molar refractivity (Wildman–Crippen MR) is 296 cm³/mol. The van der Waals surface area contributed by atoms with Gasteiger partial charge in [0, 0.05) is 26.1 Å². The molecule has 23 heteroatoms. The Balaban J connectivity index is 1.29. The van der Waals surface area contributed by atoms with Crippen molar-refractivity contribution in [3.63, 3.8) is 0 Å². The van der Waals surface area contributed by atoms with Crippen LogP contribution >= 0.6 is 28.4 Å². The highest BCUT2D eigenvalue weighted by molar-refractivity contribution is 8.05. The lowest BCUT2D eigenvalue weighted by Gasteiger charge is -2.35. The van der Waals surface area contributed by atoms with Crippen LogP contribution in [0.25, 0.3) is 10.4 Å². The van der Waals surface area contributed by atoms with Crippen LogP contribution < -0.4 is 18.7 Å². The van der Waals surface area contributed by atoms with Crippen molar-refractivity contribution >= 4 is 82.4 Å². The largest absolute Gasteiger partial charge is 0.481 e. The van der Waals surface area contributed by atoms with Gasteiger partial charge in [0.05, 0.1) is 38.5 Å². The molecule has 0 saturated carbocycles. The molecule has 0 aliphatic rings. The Kier molecular flexibility index (Phi) is 22.4. The normalized spacial score (nSPS) is 15.8. The molecule has 0 spiro atoms. The Hall–Kier alpha value is -4.10. The molecule has 0 aliphatic carbocycles. The monoisotopic (exact) mass is 1080 g/mol. The summed E-state index contributed by atoms with van der Waals surface area (Å²) in [5.41, 5.74) is 11.2. The highest BCUT2D eigenvalue weighted by Crippen LogP contribution is 2.47. The molecule has 0 radical (unpaired) electrons. The first-order valence-corrected chi connectivity index (χ1v) is 31.8. The van der Waals surface area contributed by atoms with Crippen LogP contribution in [0.2, 0.25) is 0 Å². The van der Waals surface area contributed by atoms with Gasteiger partial charge in [0.25, 0.3) is 0 Å². The molecular weight excluding hydrogens is 1010 g/mol. The van der Waals surface area contributed by atoms with Crippen LogP contribution in [0.3, 0.4) is 0 Å². The minimum absolute atomic E-state index is 0.329. The van der Waals surface area contributed by atoms with Crippen LogP contribution in [0, 0.1) is 0 Å². The Morgan fingerprint density at radius 1 is 0.638 bits per heavy atom. The van der Waals surface area contributed by atoms with Crippen molar-refractivity contribution in [2.75, 3.05) is 21.1 Å². The van der Waals surface area contributed by atoms with Gasteiger partial charge in [-0.1, -0.05) is 69.4 Å². The number of nitrogens with zero attached hydrogens (tertiary/aromatic N) is 9. The number of azide groups is 1. The maximum absolute atomic E-state index is 11.4. The van der Waals surface area contributed by atoms with E-state index in [2.05, 4.69) is 41.0 Å². The van der Waals surface area contributed by atoms with Crippen LogP contribution in [0.1, 0.15) is 102 Å². The maximum Gasteiger partial charge on any atom is 0.329 e. The van der Waals surface area contributed by atoms with Crippen LogP contribution in [0.4, 0.5) is 0 Å². The fourth-order valence-corrected chi connectivity index (χ4v) is 12.6. The van der Waals surface area contributed by atoms with Crippen molar-refractivity contribution < 1.29 is 33.1 Å². The quantitative estimate of drug-likeness (QED) is 0.0137. The molecular formula is C46H65N9O7P4S3. The first kappa shape index (κ1) is 57.5. The number of hydrazone groups is 3. The summed E-state index contributed by atoms with van der Waals surface area (Å²) >= 11 is 17.8. The van der Waals surface area contributed by atoms with Crippen molar-refractivity contribution in [2.24, 2.45) is 20.4 Å². The molecule has 0 amide bonds. The lowest BCUT2D eigenvalue weighted by molar-refractivity contribution is 0.0840. The van der Waals surface area contributed by atoms with Crippen molar-refractivity contribution in [1.82, 2.24) is 14.3 Å². The van der Waals surface area contributed by atoms with Crippen LogP contribution in [0.5, 0.6) is 23.0 Å². The molecule has 0 saturated heterocycles. The Morgan fingerprint density at radius 3 is 1.49 bits per heavy atom. The van der Waals surface area contributed by atoms with Crippen molar-refractivity contribution in [3.05, 3.63) is 130 Å². The molecule has 2 N–H and O–H groups in total. The summed E-state index contributed by atoms with van der Waals surface area (Å²) in [5.74, 6) is 2.49. The molecule has 0 bridgehead atoms. The molecule has 69 heavy (non-hydrogen) atoms. The Morgan fingerprint density at radius 2 is 1.06 bits per heavy atom. The average molecular weight is 1080 g/mol. The number of hydrogen-bond acceptors (Lipinski definition) is 12. The highest BCUT2D eigenvalue weighted by Gasteiger charge is 2.33. The van der Waals surface area contributed by atoms with Crippen LogP contribution in [-0.2, 0) is 46.1 Å². The zero-order chi connectivity index (χ0) is 50.8. The molecule has 4 aromatic carbocycles. The SMILES string of the molecule is CCCCC(C)(N=[N+]=[N-])Oc1ccc(/C=N/N(C)[PH](=S)C(C)(CCC)Oc2ccc(/C=N/N(C)[PH](=S)Oc3ccc(/C=N/N(C)[PH](=S)C(C)(CC)Oc4ccc(CP(=O)(O)O)cc4)cc3)cc2)cc1. The van der Waals surface area contributed by atoms with Gasteiger partial charge in [-0.15, -0.1) is 0 Å². The zero-order valence-corrected chi connectivity index (χ0v) is 46.9. The molecule has 4 rings (SSSR count). The van der Waals surface area contributed by atoms with Gasteiger partial charge in [-0.3, -0.25) is 14.1 Å². The highest BCUT2D eigenvalue weighted by atomic mass is 32.4. The summed E-state index contributed by atoms with van der Waals surface area (Å²) in [6.07, 6.45) is 9.65. The molecule has 0 heterocycles. The topological polar surface area (TPSA) is 190 Å². The van der Waals surface area contributed by atoms with Gasteiger partial charge in [-0.25, -0.2) is 4.78 Å². The van der Waals surface area contributed by atoms with Gasteiger partial charge in [-0.05, 0) is 176 Å². The summed E-state index contributed by atoms with van der Waals surface area (Å²) < 4.78 is 41.8. The predicted octanol–water partition coefficient (Wildman–Crippen LogP) is 12.3.